The van der Waals surface area contributed by atoms with Gasteiger partial charge < -0.3 is 9.26 Å². The summed E-state index contributed by atoms with van der Waals surface area (Å²) in [6, 6.07) is 7.73. The molecule has 0 aliphatic carbocycles. The van der Waals surface area contributed by atoms with E-state index in [1.54, 1.807) is 0 Å². The van der Waals surface area contributed by atoms with Gasteiger partial charge in [-0.3, -0.25) is 0 Å². The van der Waals surface area contributed by atoms with Crippen LogP contribution in [0.2, 0.25) is 0 Å². The van der Waals surface area contributed by atoms with Gasteiger partial charge >= 0.3 is 5.97 Å². The Morgan fingerprint density at radius 2 is 2.00 bits per heavy atom. The number of benzene rings is 1. The zero-order chi connectivity index (χ0) is 15.6. The van der Waals surface area contributed by atoms with Gasteiger partial charge in [0.05, 0.1) is 5.33 Å². The van der Waals surface area contributed by atoms with Gasteiger partial charge in [-0.2, -0.15) is 0 Å². The number of ether oxygens (including phenoxy) is 1. The molecule has 112 valence electrons. The van der Waals surface area contributed by atoms with Crippen molar-refractivity contribution >= 4 is 21.9 Å². The smallest absolute Gasteiger partial charge is 0.344 e. The molecular weight excluding hydrogens is 334 g/mol. The van der Waals surface area contributed by atoms with E-state index >= 15 is 0 Å². The van der Waals surface area contributed by atoms with E-state index in [4.69, 9.17) is 9.26 Å². The number of nitrogens with zero attached hydrogens (tertiary/aromatic N) is 1. The standard InChI is InChI=1S/C16H18BrNO3/c1-10-7-5-6-8-11(10)14-13(12(9-17)21-18-14)15(19)20-16(2,3)4/h5-8H,9H2,1-4H3. The molecule has 5 heteroatoms. The normalized spacial score (nSPS) is 11.5. The van der Waals surface area contributed by atoms with E-state index in [0.717, 1.165) is 11.1 Å². The van der Waals surface area contributed by atoms with Crippen molar-refractivity contribution in [2.75, 3.05) is 0 Å². The molecule has 4 nitrogen and oxygen atoms in total. The molecular formula is C16H18BrNO3. The molecule has 21 heavy (non-hydrogen) atoms. The summed E-state index contributed by atoms with van der Waals surface area (Å²) in [4.78, 5) is 12.5. The molecule has 0 bridgehead atoms. The second-order valence-electron chi connectivity index (χ2n) is 5.78. The van der Waals surface area contributed by atoms with Crippen LogP contribution in [0.25, 0.3) is 11.3 Å². The Bertz CT molecular complexity index is 656. The summed E-state index contributed by atoms with van der Waals surface area (Å²) in [5.41, 5.74) is 2.24. The molecule has 1 aromatic carbocycles. The van der Waals surface area contributed by atoms with Crippen molar-refractivity contribution in [2.45, 2.75) is 38.6 Å². The molecule has 0 atom stereocenters. The van der Waals surface area contributed by atoms with Gasteiger partial charge in [-0.1, -0.05) is 45.4 Å². The van der Waals surface area contributed by atoms with E-state index in [1.807, 2.05) is 52.0 Å². The number of aryl methyl sites for hydroxylation is 1. The van der Waals surface area contributed by atoms with E-state index in [-0.39, 0.29) is 0 Å². The lowest BCUT2D eigenvalue weighted by atomic mass is 10.0. The molecule has 0 spiro atoms. The monoisotopic (exact) mass is 351 g/mol. The van der Waals surface area contributed by atoms with Crippen LogP contribution in [0.5, 0.6) is 0 Å². The van der Waals surface area contributed by atoms with Gasteiger partial charge in [0.15, 0.2) is 5.76 Å². The lowest BCUT2D eigenvalue weighted by molar-refractivity contribution is 0.00685. The van der Waals surface area contributed by atoms with Gasteiger partial charge in [-0.25, -0.2) is 4.79 Å². The number of alkyl halides is 1. The van der Waals surface area contributed by atoms with Crippen LogP contribution in [0.1, 0.15) is 42.5 Å². The topological polar surface area (TPSA) is 52.3 Å². The Labute approximate surface area is 132 Å². The van der Waals surface area contributed by atoms with Crippen LogP contribution in [0.3, 0.4) is 0 Å². The zero-order valence-electron chi connectivity index (χ0n) is 12.6. The predicted octanol–water partition coefficient (Wildman–Crippen LogP) is 4.50. The largest absolute Gasteiger partial charge is 0.456 e. The van der Waals surface area contributed by atoms with Crippen LogP contribution >= 0.6 is 15.9 Å². The molecule has 0 aliphatic heterocycles. The second-order valence-corrected chi connectivity index (χ2v) is 6.34. The molecule has 2 rings (SSSR count). The lowest BCUT2D eigenvalue weighted by Crippen LogP contribution is -2.24. The van der Waals surface area contributed by atoms with Crippen LogP contribution in [-0.2, 0) is 10.1 Å². The molecule has 0 fully saturated rings. The Balaban J connectivity index is 2.52. The van der Waals surface area contributed by atoms with Crippen LogP contribution in [0.15, 0.2) is 28.8 Å². The number of carbonyl (C=O) groups is 1. The molecule has 0 aliphatic rings. The van der Waals surface area contributed by atoms with Gasteiger partial charge in [0, 0.05) is 5.56 Å². The van der Waals surface area contributed by atoms with Crippen LogP contribution in [0.4, 0.5) is 0 Å². The van der Waals surface area contributed by atoms with Gasteiger partial charge in [-0.15, -0.1) is 0 Å². The summed E-state index contributed by atoms with van der Waals surface area (Å²) in [5.74, 6) is 0.0546. The third kappa shape index (κ3) is 3.53. The van der Waals surface area contributed by atoms with Crippen molar-refractivity contribution in [2.24, 2.45) is 0 Å². The van der Waals surface area contributed by atoms with Crippen molar-refractivity contribution in [3.8, 4) is 11.3 Å². The maximum atomic E-state index is 12.5. The van der Waals surface area contributed by atoms with Gasteiger partial charge in [-0.05, 0) is 33.3 Å². The Morgan fingerprint density at radius 1 is 1.33 bits per heavy atom. The highest BCUT2D eigenvalue weighted by Gasteiger charge is 2.28. The van der Waals surface area contributed by atoms with Crippen LogP contribution in [-0.4, -0.2) is 16.7 Å². The third-order valence-electron chi connectivity index (χ3n) is 2.89. The number of carbonyl (C=O) groups excluding carboxylic acids is 1. The number of esters is 1. The lowest BCUT2D eigenvalue weighted by Gasteiger charge is -2.19. The maximum absolute atomic E-state index is 12.5. The van der Waals surface area contributed by atoms with Crippen molar-refractivity contribution in [1.82, 2.24) is 5.16 Å². The van der Waals surface area contributed by atoms with Crippen LogP contribution < -0.4 is 0 Å². The van der Waals surface area contributed by atoms with E-state index < -0.39 is 11.6 Å². The zero-order valence-corrected chi connectivity index (χ0v) is 14.2. The number of hydrogen-bond acceptors (Lipinski definition) is 4. The number of hydrogen-bond donors (Lipinski definition) is 0. The maximum Gasteiger partial charge on any atom is 0.344 e. The minimum absolute atomic E-state index is 0.385. The SMILES string of the molecule is Cc1ccccc1-c1noc(CBr)c1C(=O)OC(C)(C)C. The van der Waals surface area contributed by atoms with Crippen molar-refractivity contribution < 1.29 is 14.1 Å². The first-order valence-electron chi connectivity index (χ1n) is 6.67. The highest BCUT2D eigenvalue weighted by atomic mass is 79.9. The third-order valence-corrected chi connectivity index (χ3v) is 3.40. The predicted molar refractivity (Wildman–Crippen MR) is 84.5 cm³/mol. The Morgan fingerprint density at radius 3 is 2.57 bits per heavy atom. The summed E-state index contributed by atoms with van der Waals surface area (Å²) in [5, 5.41) is 4.47. The van der Waals surface area contributed by atoms with Crippen LogP contribution in [0, 0.1) is 6.92 Å². The van der Waals surface area contributed by atoms with E-state index in [2.05, 4.69) is 21.1 Å². The molecule has 0 N–H and O–H groups in total. The highest BCUT2D eigenvalue weighted by molar-refractivity contribution is 9.08. The second kappa shape index (κ2) is 6.02. The number of rotatable bonds is 3. The molecule has 0 saturated carbocycles. The molecule has 0 radical (unpaired) electrons. The first-order chi connectivity index (χ1) is 9.83. The summed E-state index contributed by atoms with van der Waals surface area (Å²) in [7, 11) is 0. The number of halogens is 1. The first kappa shape index (κ1) is 15.8. The van der Waals surface area contributed by atoms with Crippen molar-refractivity contribution in [3.05, 3.63) is 41.2 Å². The summed E-state index contributed by atoms with van der Waals surface area (Å²) in [6.45, 7) is 7.47. The Kier molecular flexibility index (Phi) is 4.52. The molecule has 2 aromatic rings. The highest BCUT2D eigenvalue weighted by Crippen LogP contribution is 2.30. The van der Waals surface area contributed by atoms with Crippen molar-refractivity contribution in [1.29, 1.82) is 0 Å². The van der Waals surface area contributed by atoms with Gasteiger partial charge in [0.25, 0.3) is 0 Å². The summed E-state index contributed by atoms with van der Waals surface area (Å²) in [6.07, 6.45) is 0. The quantitative estimate of drug-likeness (QED) is 0.603. The van der Waals surface area contributed by atoms with E-state index in [1.165, 1.54) is 0 Å². The minimum atomic E-state index is -0.569. The molecule has 0 amide bonds. The fourth-order valence-corrected chi connectivity index (χ4v) is 2.36. The Hall–Kier alpha value is -1.62. The summed E-state index contributed by atoms with van der Waals surface area (Å²) >= 11 is 3.32. The molecule has 1 heterocycles. The molecule has 1 aromatic heterocycles. The van der Waals surface area contributed by atoms with E-state index in [0.29, 0.717) is 22.3 Å². The molecule has 0 saturated heterocycles. The fourth-order valence-electron chi connectivity index (χ4n) is 1.98. The molecule has 0 unspecified atom stereocenters. The fraction of sp³-hybridized carbons (Fsp3) is 0.375. The van der Waals surface area contributed by atoms with Gasteiger partial charge in [0.1, 0.15) is 16.9 Å². The minimum Gasteiger partial charge on any atom is -0.456 e. The summed E-state index contributed by atoms with van der Waals surface area (Å²) < 4.78 is 10.8. The van der Waals surface area contributed by atoms with E-state index in [9.17, 15) is 4.79 Å². The average Bonchev–Trinajstić information content (AvgIpc) is 2.81. The number of aromatic nitrogens is 1. The first-order valence-corrected chi connectivity index (χ1v) is 7.79. The average molecular weight is 352 g/mol. The van der Waals surface area contributed by atoms with Gasteiger partial charge in [0.2, 0.25) is 0 Å². The van der Waals surface area contributed by atoms with Crippen molar-refractivity contribution in [3.63, 3.8) is 0 Å².